The lowest BCUT2D eigenvalue weighted by Gasteiger charge is -2.32. The number of rotatable bonds is 11. The molecular formula is C26H34N4O5. The summed E-state index contributed by atoms with van der Waals surface area (Å²) in [6, 6.07) is 11.0. The van der Waals surface area contributed by atoms with E-state index in [0.717, 1.165) is 38.8 Å². The van der Waals surface area contributed by atoms with Crippen LogP contribution in [0.2, 0.25) is 0 Å². The van der Waals surface area contributed by atoms with Crippen molar-refractivity contribution in [2.75, 3.05) is 39.0 Å². The van der Waals surface area contributed by atoms with Crippen molar-refractivity contribution < 1.29 is 19.2 Å². The van der Waals surface area contributed by atoms with E-state index < -0.39 is 10.9 Å². The molecule has 2 aromatic carbocycles. The third kappa shape index (κ3) is 7.02. The Bertz CT molecular complexity index is 1050. The van der Waals surface area contributed by atoms with Gasteiger partial charge in [0.15, 0.2) is 0 Å². The van der Waals surface area contributed by atoms with Crippen molar-refractivity contribution in [3.8, 4) is 0 Å². The SMILES string of the molecule is CCCCOC(=O)c1cc(N)ccc1CC(=O)N(C)[C@H](CN1CCCC1)c1cccc([N+](=O)[O-])c1. The Morgan fingerprint density at radius 1 is 1.20 bits per heavy atom. The highest BCUT2D eigenvalue weighted by Gasteiger charge is 2.28. The molecular weight excluding hydrogens is 448 g/mol. The van der Waals surface area contributed by atoms with Crippen molar-refractivity contribution >= 4 is 23.3 Å². The van der Waals surface area contributed by atoms with Gasteiger partial charge in [0, 0.05) is 31.4 Å². The fourth-order valence-electron chi connectivity index (χ4n) is 4.29. The molecule has 1 fully saturated rings. The fraction of sp³-hybridized carbons (Fsp3) is 0.462. The van der Waals surface area contributed by atoms with Gasteiger partial charge in [-0.3, -0.25) is 14.9 Å². The van der Waals surface area contributed by atoms with Crippen LogP contribution in [-0.2, 0) is 16.0 Å². The molecule has 1 atom stereocenters. The number of non-ortho nitro benzene ring substituents is 1. The molecule has 188 valence electrons. The summed E-state index contributed by atoms with van der Waals surface area (Å²) in [7, 11) is 1.71. The number of hydrogen-bond acceptors (Lipinski definition) is 7. The molecule has 1 heterocycles. The molecule has 0 bridgehead atoms. The number of esters is 1. The maximum absolute atomic E-state index is 13.4. The Kier molecular flexibility index (Phi) is 9.19. The topological polar surface area (TPSA) is 119 Å². The first kappa shape index (κ1) is 26.2. The van der Waals surface area contributed by atoms with Gasteiger partial charge in [0.25, 0.3) is 5.69 Å². The predicted octanol–water partition coefficient (Wildman–Crippen LogP) is 3.97. The number of carbonyl (C=O) groups excluding carboxylic acids is 2. The van der Waals surface area contributed by atoms with E-state index in [1.807, 2.05) is 13.0 Å². The van der Waals surface area contributed by atoms with Crippen LogP contribution in [0.5, 0.6) is 0 Å². The number of hydrogen-bond donors (Lipinski definition) is 1. The van der Waals surface area contributed by atoms with E-state index in [1.54, 1.807) is 36.2 Å². The van der Waals surface area contributed by atoms with E-state index in [0.29, 0.717) is 30.0 Å². The quantitative estimate of drug-likeness (QED) is 0.169. The summed E-state index contributed by atoms with van der Waals surface area (Å²) < 4.78 is 5.36. The number of anilines is 1. The lowest BCUT2D eigenvalue weighted by atomic mass is 10.0. The molecule has 3 rings (SSSR count). The highest BCUT2D eigenvalue weighted by atomic mass is 16.6. The first-order valence-corrected chi connectivity index (χ1v) is 12.1. The number of nitro benzene ring substituents is 1. The van der Waals surface area contributed by atoms with Crippen molar-refractivity contribution in [1.29, 1.82) is 0 Å². The van der Waals surface area contributed by atoms with Crippen LogP contribution in [0.1, 0.15) is 60.1 Å². The molecule has 0 spiro atoms. The van der Waals surface area contributed by atoms with Gasteiger partial charge in [-0.2, -0.15) is 0 Å². The van der Waals surface area contributed by atoms with Crippen LogP contribution < -0.4 is 5.73 Å². The molecule has 2 aromatic rings. The number of nitrogens with zero attached hydrogens (tertiary/aromatic N) is 3. The number of likely N-dealkylation sites (tertiary alicyclic amines) is 1. The number of nitro groups is 1. The van der Waals surface area contributed by atoms with E-state index >= 15 is 0 Å². The number of ether oxygens (including phenoxy) is 1. The molecule has 0 unspecified atom stereocenters. The number of unbranched alkanes of at least 4 members (excludes halogenated alkanes) is 1. The van der Waals surface area contributed by atoms with E-state index in [1.165, 1.54) is 12.1 Å². The average Bonchev–Trinajstić information content (AvgIpc) is 3.36. The third-order valence-corrected chi connectivity index (χ3v) is 6.38. The number of benzene rings is 2. The van der Waals surface area contributed by atoms with E-state index in [9.17, 15) is 19.7 Å². The molecule has 0 saturated carbocycles. The molecule has 9 nitrogen and oxygen atoms in total. The van der Waals surface area contributed by atoms with Crippen LogP contribution in [0.25, 0.3) is 0 Å². The zero-order valence-electron chi connectivity index (χ0n) is 20.4. The van der Waals surface area contributed by atoms with Gasteiger partial charge in [0.05, 0.1) is 29.6 Å². The lowest BCUT2D eigenvalue weighted by Crippen LogP contribution is -2.39. The van der Waals surface area contributed by atoms with E-state index in [4.69, 9.17) is 10.5 Å². The number of amides is 1. The molecule has 35 heavy (non-hydrogen) atoms. The minimum Gasteiger partial charge on any atom is -0.462 e. The highest BCUT2D eigenvalue weighted by molar-refractivity contribution is 5.94. The van der Waals surface area contributed by atoms with Gasteiger partial charge in [-0.1, -0.05) is 31.5 Å². The Morgan fingerprint density at radius 3 is 2.63 bits per heavy atom. The maximum Gasteiger partial charge on any atom is 0.338 e. The van der Waals surface area contributed by atoms with Crippen molar-refractivity contribution in [3.05, 3.63) is 69.3 Å². The molecule has 0 aliphatic carbocycles. The van der Waals surface area contributed by atoms with E-state index in [-0.39, 0.29) is 29.6 Å². The summed E-state index contributed by atoms with van der Waals surface area (Å²) in [6.07, 6.45) is 3.83. The summed E-state index contributed by atoms with van der Waals surface area (Å²) in [5, 5.41) is 11.3. The van der Waals surface area contributed by atoms with Crippen molar-refractivity contribution in [1.82, 2.24) is 9.80 Å². The predicted molar refractivity (Wildman–Crippen MR) is 134 cm³/mol. The minimum absolute atomic E-state index is 0.00887. The highest BCUT2D eigenvalue weighted by Crippen LogP contribution is 2.27. The standard InChI is InChI=1S/C26H34N4O5/c1-3-4-14-35-26(32)23-17-21(27)11-10-19(23)16-25(31)28(2)24(18-29-12-5-6-13-29)20-8-7-9-22(15-20)30(33)34/h7-11,15,17,24H,3-6,12-14,16,18,27H2,1-2H3/t24-/m1/s1. The number of nitrogens with two attached hydrogens (primary N) is 1. The number of carbonyl (C=O) groups is 2. The van der Waals surface area contributed by atoms with Crippen molar-refractivity contribution in [2.45, 2.75) is 45.1 Å². The van der Waals surface area contributed by atoms with Crippen LogP contribution in [0, 0.1) is 10.1 Å². The van der Waals surface area contributed by atoms with Crippen LogP contribution >= 0.6 is 0 Å². The van der Waals surface area contributed by atoms with Gasteiger partial charge >= 0.3 is 5.97 Å². The van der Waals surface area contributed by atoms with Gasteiger partial charge in [0.1, 0.15) is 0 Å². The van der Waals surface area contributed by atoms with Crippen LogP contribution in [-0.4, -0.2) is 59.9 Å². The van der Waals surface area contributed by atoms with Crippen molar-refractivity contribution in [3.63, 3.8) is 0 Å². The zero-order chi connectivity index (χ0) is 25.4. The molecule has 2 N–H and O–H groups in total. The Labute approximate surface area is 206 Å². The Hall–Kier alpha value is -3.46. The summed E-state index contributed by atoms with van der Waals surface area (Å²) in [6.45, 7) is 4.76. The summed E-state index contributed by atoms with van der Waals surface area (Å²) in [5.74, 6) is -0.698. The molecule has 1 aliphatic rings. The maximum atomic E-state index is 13.4. The van der Waals surface area contributed by atoms with Gasteiger partial charge in [-0.25, -0.2) is 4.79 Å². The number of nitrogen functional groups attached to an aromatic ring is 1. The molecule has 9 heteroatoms. The summed E-state index contributed by atoms with van der Waals surface area (Å²) in [5.41, 5.74) is 7.84. The fourth-order valence-corrected chi connectivity index (χ4v) is 4.29. The normalized spacial score (nSPS) is 14.5. The smallest absolute Gasteiger partial charge is 0.338 e. The van der Waals surface area contributed by atoms with Crippen LogP contribution in [0.15, 0.2) is 42.5 Å². The summed E-state index contributed by atoms with van der Waals surface area (Å²) >= 11 is 0. The zero-order valence-corrected chi connectivity index (χ0v) is 20.4. The molecule has 1 aliphatic heterocycles. The average molecular weight is 483 g/mol. The van der Waals surface area contributed by atoms with Gasteiger partial charge in [-0.05, 0) is 55.6 Å². The van der Waals surface area contributed by atoms with Crippen molar-refractivity contribution in [2.24, 2.45) is 0 Å². The second-order valence-corrected chi connectivity index (χ2v) is 8.96. The monoisotopic (exact) mass is 482 g/mol. The minimum atomic E-state index is -0.497. The third-order valence-electron chi connectivity index (χ3n) is 6.38. The first-order chi connectivity index (χ1) is 16.8. The van der Waals surface area contributed by atoms with Gasteiger partial charge < -0.3 is 20.3 Å². The molecule has 1 amide bonds. The lowest BCUT2D eigenvalue weighted by molar-refractivity contribution is -0.385. The largest absolute Gasteiger partial charge is 0.462 e. The second-order valence-electron chi connectivity index (χ2n) is 8.96. The molecule has 1 saturated heterocycles. The molecule has 0 aromatic heterocycles. The summed E-state index contributed by atoms with van der Waals surface area (Å²) in [4.78, 5) is 40.9. The van der Waals surface area contributed by atoms with Gasteiger partial charge in [0.2, 0.25) is 5.91 Å². The van der Waals surface area contributed by atoms with Crippen LogP contribution in [0.4, 0.5) is 11.4 Å². The molecule has 0 radical (unpaired) electrons. The Morgan fingerprint density at radius 2 is 1.94 bits per heavy atom. The van der Waals surface area contributed by atoms with Gasteiger partial charge in [-0.15, -0.1) is 0 Å². The van der Waals surface area contributed by atoms with E-state index in [2.05, 4.69) is 4.90 Å². The Balaban J connectivity index is 1.84. The first-order valence-electron chi connectivity index (χ1n) is 12.1. The number of likely N-dealkylation sites (N-methyl/N-ethyl adjacent to an activating group) is 1. The second kappa shape index (κ2) is 12.3. The van der Waals surface area contributed by atoms with Crippen LogP contribution in [0.3, 0.4) is 0 Å².